The fraction of sp³-hybridized carbons (Fsp3) is 0.429. The van der Waals surface area contributed by atoms with Gasteiger partial charge in [0.1, 0.15) is 10.0 Å². The van der Waals surface area contributed by atoms with Crippen LogP contribution < -0.4 is 5.32 Å². The third kappa shape index (κ3) is 5.28. The quantitative estimate of drug-likeness (QED) is 0.739. The summed E-state index contributed by atoms with van der Waals surface area (Å²) in [4.78, 5) is 0. The molecule has 0 amide bonds. The van der Waals surface area contributed by atoms with Gasteiger partial charge in [0.25, 0.3) is 0 Å². The average Bonchev–Trinajstić information content (AvgIpc) is 2.89. The molecule has 0 bridgehead atoms. The molecule has 0 saturated heterocycles. The Kier molecular flexibility index (Phi) is 6.59. The molecule has 2 rings (SSSR count). The van der Waals surface area contributed by atoms with Gasteiger partial charge in [0.05, 0.1) is 6.61 Å². The summed E-state index contributed by atoms with van der Waals surface area (Å²) in [6, 6.07) is 8.32. The number of nitrogens with one attached hydrogen (secondary N) is 1. The van der Waals surface area contributed by atoms with Gasteiger partial charge in [0.2, 0.25) is 0 Å². The Morgan fingerprint density at radius 2 is 1.90 bits per heavy atom. The Hall–Kier alpha value is -0.820. The average molecular weight is 356 g/mol. The van der Waals surface area contributed by atoms with Crippen molar-refractivity contribution in [3.63, 3.8) is 0 Å². The van der Waals surface area contributed by atoms with Gasteiger partial charge in [0.15, 0.2) is 0 Å². The first kappa shape index (κ1) is 15.6. The summed E-state index contributed by atoms with van der Waals surface area (Å²) in [7, 11) is 1.71. The number of ether oxygens (including phenoxy) is 1. The Labute approximate surface area is 131 Å². The third-order valence-electron chi connectivity index (χ3n) is 2.78. The lowest BCUT2D eigenvalue weighted by molar-refractivity contribution is 0.199. The molecule has 108 valence electrons. The molecule has 0 atom stereocenters. The highest BCUT2D eigenvalue weighted by atomic mass is 79.9. The third-order valence-corrected chi connectivity index (χ3v) is 4.29. The van der Waals surface area contributed by atoms with Gasteiger partial charge in [-0.25, -0.2) is 0 Å². The normalized spacial score (nSPS) is 10.9. The number of rotatable bonds is 8. The summed E-state index contributed by atoms with van der Waals surface area (Å²) >= 11 is 5.13. The van der Waals surface area contributed by atoms with Crippen LogP contribution in [0.3, 0.4) is 0 Å². The van der Waals surface area contributed by atoms with Crippen molar-refractivity contribution >= 4 is 27.3 Å². The number of hydrogen-bond acceptors (Lipinski definition) is 5. The number of benzene rings is 1. The van der Waals surface area contributed by atoms with Gasteiger partial charge in [-0.2, -0.15) is 0 Å². The van der Waals surface area contributed by atoms with Crippen molar-refractivity contribution in [2.24, 2.45) is 0 Å². The number of halogens is 1. The zero-order chi connectivity index (χ0) is 14.2. The minimum Gasteiger partial charge on any atom is -0.383 e. The largest absolute Gasteiger partial charge is 0.383 e. The lowest BCUT2D eigenvalue weighted by Gasteiger charge is -2.00. The van der Waals surface area contributed by atoms with Gasteiger partial charge in [0, 0.05) is 37.5 Å². The van der Waals surface area contributed by atoms with Crippen LogP contribution in [0.25, 0.3) is 0 Å². The van der Waals surface area contributed by atoms with Gasteiger partial charge in [-0.1, -0.05) is 28.1 Å². The molecule has 20 heavy (non-hydrogen) atoms. The Balaban J connectivity index is 1.78. The minimum atomic E-state index is 0.741. The van der Waals surface area contributed by atoms with E-state index in [0.717, 1.165) is 47.0 Å². The van der Waals surface area contributed by atoms with Gasteiger partial charge < -0.3 is 10.1 Å². The molecule has 0 aliphatic rings. The van der Waals surface area contributed by atoms with Crippen LogP contribution in [-0.2, 0) is 17.6 Å². The molecule has 1 aromatic carbocycles. The molecule has 0 saturated carbocycles. The van der Waals surface area contributed by atoms with Crippen molar-refractivity contribution in [3.05, 3.63) is 44.3 Å². The molecule has 0 spiro atoms. The van der Waals surface area contributed by atoms with Crippen LogP contribution in [0.1, 0.15) is 15.6 Å². The van der Waals surface area contributed by atoms with E-state index in [0.29, 0.717) is 0 Å². The molecule has 1 N–H and O–H groups in total. The van der Waals surface area contributed by atoms with E-state index in [1.807, 2.05) is 0 Å². The second kappa shape index (κ2) is 8.46. The second-order valence-corrected chi connectivity index (χ2v) is 6.45. The second-order valence-electron chi connectivity index (χ2n) is 4.39. The van der Waals surface area contributed by atoms with Crippen molar-refractivity contribution in [3.8, 4) is 0 Å². The molecule has 0 aliphatic heterocycles. The summed E-state index contributed by atoms with van der Waals surface area (Å²) in [5, 5.41) is 14.0. The molecule has 0 aliphatic carbocycles. The van der Waals surface area contributed by atoms with E-state index in [-0.39, 0.29) is 0 Å². The van der Waals surface area contributed by atoms with Gasteiger partial charge in [-0.15, -0.1) is 21.5 Å². The van der Waals surface area contributed by atoms with E-state index < -0.39 is 0 Å². The molecule has 4 nitrogen and oxygen atoms in total. The molecule has 1 heterocycles. The van der Waals surface area contributed by atoms with E-state index >= 15 is 0 Å². The molecular formula is C14H18BrN3OS. The Morgan fingerprint density at radius 1 is 1.15 bits per heavy atom. The van der Waals surface area contributed by atoms with Crippen LogP contribution >= 0.6 is 27.3 Å². The number of methoxy groups -OCH3 is 1. The smallest absolute Gasteiger partial charge is 0.121 e. The fourth-order valence-corrected chi connectivity index (χ4v) is 2.87. The fourth-order valence-electron chi connectivity index (χ4n) is 1.73. The first-order chi connectivity index (χ1) is 9.78. The predicted molar refractivity (Wildman–Crippen MR) is 85.3 cm³/mol. The Bertz CT molecular complexity index is 515. The van der Waals surface area contributed by atoms with Gasteiger partial charge >= 0.3 is 0 Å². The van der Waals surface area contributed by atoms with Crippen LogP contribution in [-0.4, -0.2) is 37.0 Å². The summed E-state index contributed by atoms with van der Waals surface area (Å²) in [6.45, 7) is 2.53. The van der Waals surface area contributed by atoms with Crippen LogP contribution in [0.5, 0.6) is 0 Å². The molecular weight excluding hydrogens is 338 g/mol. The van der Waals surface area contributed by atoms with Crippen molar-refractivity contribution in [2.45, 2.75) is 12.8 Å². The lowest BCUT2D eigenvalue weighted by atomic mass is 10.2. The maximum atomic E-state index is 4.98. The van der Waals surface area contributed by atoms with Gasteiger partial charge in [-0.05, 0) is 17.7 Å². The summed E-state index contributed by atoms with van der Waals surface area (Å²) in [6.07, 6.45) is 1.77. The van der Waals surface area contributed by atoms with Crippen LogP contribution in [0, 0.1) is 0 Å². The summed E-state index contributed by atoms with van der Waals surface area (Å²) in [5.41, 5.74) is 1.26. The van der Waals surface area contributed by atoms with Crippen molar-refractivity contribution < 1.29 is 4.74 Å². The topological polar surface area (TPSA) is 47.0 Å². The van der Waals surface area contributed by atoms with Gasteiger partial charge in [-0.3, -0.25) is 0 Å². The van der Waals surface area contributed by atoms with E-state index in [2.05, 4.69) is 55.7 Å². The number of nitrogens with zero attached hydrogens (tertiary/aromatic N) is 2. The van der Waals surface area contributed by atoms with E-state index in [4.69, 9.17) is 4.74 Å². The van der Waals surface area contributed by atoms with Crippen molar-refractivity contribution in [2.75, 3.05) is 26.8 Å². The molecule has 6 heteroatoms. The highest BCUT2D eigenvalue weighted by Gasteiger charge is 2.05. The van der Waals surface area contributed by atoms with Crippen LogP contribution in [0.4, 0.5) is 0 Å². The monoisotopic (exact) mass is 355 g/mol. The zero-order valence-electron chi connectivity index (χ0n) is 11.4. The first-order valence-electron chi connectivity index (χ1n) is 6.53. The minimum absolute atomic E-state index is 0.741. The van der Waals surface area contributed by atoms with Crippen molar-refractivity contribution in [1.29, 1.82) is 0 Å². The Morgan fingerprint density at radius 3 is 2.65 bits per heavy atom. The molecule has 0 unspecified atom stereocenters. The first-order valence-corrected chi connectivity index (χ1v) is 8.14. The maximum absolute atomic E-state index is 4.98. The number of aromatic nitrogens is 2. The maximum Gasteiger partial charge on any atom is 0.121 e. The van der Waals surface area contributed by atoms with E-state index in [1.165, 1.54) is 5.56 Å². The highest BCUT2D eigenvalue weighted by molar-refractivity contribution is 9.10. The van der Waals surface area contributed by atoms with E-state index in [1.54, 1.807) is 18.4 Å². The summed E-state index contributed by atoms with van der Waals surface area (Å²) < 4.78 is 6.08. The van der Waals surface area contributed by atoms with Crippen LogP contribution in [0.2, 0.25) is 0 Å². The zero-order valence-corrected chi connectivity index (χ0v) is 13.8. The lowest BCUT2D eigenvalue weighted by Crippen LogP contribution is -2.21. The SMILES string of the molecule is COCCNCCc1nnc(Cc2ccc(Br)cc2)s1. The van der Waals surface area contributed by atoms with Crippen molar-refractivity contribution in [1.82, 2.24) is 15.5 Å². The summed E-state index contributed by atoms with van der Waals surface area (Å²) in [5.74, 6) is 0. The predicted octanol–water partition coefficient (Wildman–Crippen LogP) is 2.67. The number of hydrogen-bond donors (Lipinski definition) is 1. The molecule has 2 aromatic rings. The highest BCUT2D eigenvalue weighted by Crippen LogP contribution is 2.17. The van der Waals surface area contributed by atoms with Crippen LogP contribution in [0.15, 0.2) is 28.7 Å². The molecule has 1 aromatic heterocycles. The van der Waals surface area contributed by atoms with E-state index in [9.17, 15) is 0 Å². The molecule has 0 radical (unpaired) electrons. The molecule has 0 fully saturated rings. The standard InChI is InChI=1S/C14H18BrN3OS/c1-19-9-8-16-7-6-13-17-18-14(20-13)10-11-2-4-12(15)5-3-11/h2-5,16H,6-10H2,1H3.